The van der Waals surface area contributed by atoms with Gasteiger partial charge in [0.2, 0.25) is 5.16 Å². The number of thioether (sulfide) groups is 1. The van der Waals surface area contributed by atoms with Crippen LogP contribution in [0.2, 0.25) is 0 Å². The Kier molecular flexibility index (Phi) is 6.35. The molecule has 0 atom stereocenters. The maximum Gasteiger partial charge on any atom is 0.209 e. The van der Waals surface area contributed by atoms with Crippen LogP contribution in [0.4, 0.5) is 0 Å². The molecule has 5 nitrogen and oxygen atoms in total. The van der Waals surface area contributed by atoms with Gasteiger partial charge in [-0.1, -0.05) is 91.8 Å². The molecule has 0 N–H and O–H groups in total. The van der Waals surface area contributed by atoms with Gasteiger partial charge in [0.05, 0.1) is 17.3 Å². The summed E-state index contributed by atoms with van der Waals surface area (Å²) in [7, 11) is 0. The number of aryl methyl sites for hydroxylation is 2. The van der Waals surface area contributed by atoms with Crippen LogP contribution in [0, 0.1) is 18.3 Å². The molecule has 5 rings (SSSR count). The van der Waals surface area contributed by atoms with Crippen LogP contribution >= 0.6 is 11.8 Å². The van der Waals surface area contributed by atoms with Gasteiger partial charge in [-0.15, -0.1) is 5.10 Å². The molecular formula is C29H25N5S. The average molecular weight is 476 g/mol. The predicted molar refractivity (Wildman–Crippen MR) is 142 cm³/mol. The lowest BCUT2D eigenvalue weighted by Crippen LogP contribution is -2.06. The van der Waals surface area contributed by atoms with Crippen molar-refractivity contribution >= 4 is 17.4 Å². The lowest BCUT2D eigenvalue weighted by atomic mass is 9.91. The summed E-state index contributed by atoms with van der Waals surface area (Å²) < 4.78 is 1.86. The molecule has 35 heavy (non-hydrogen) atoms. The monoisotopic (exact) mass is 475 g/mol. The molecule has 3 aromatic carbocycles. The fraction of sp³-hybridized carbons (Fsp3) is 0.172. The standard InChI is InChI=1S/C29H25N5S/c1-4-9-26-27(28-32-29(35-3)33-34(28)19(2)31-26)25-13-8-7-12-24(25)21-16-14-20(15-17-21)23-11-6-5-10-22(23)18-30/h5-8,10-17H,4,9H2,1-3H3. The van der Waals surface area contributed by atoms with Crippen molar-refractivity contribution in [3.63, 3.8) is 0 Å². The zero-order chi connectivity index (χ0) is 24.4. The van der Waals surface area contributed by atoms with Gasteiger partial charge in [-0.3, -0.25) is 0 Å². The molecule has 0 bridgehead atoms. The molecule has 0 saturated heterocycles. The molecule has 0 unspecified atom stereocenters. The van der Waals surface area contributed by atoms with Gasteiger partial charge in [-0.2, -0.15) is 9.78 Å². The van der Waals surface area contributed by atoms with Crippen LogP contribution in [0.3, 0.4) is 0 Å². The van der Waals surface area contributed by atoms with Crippen LogP contribution in [0.25, 0.3) is 39.0 Å². The van der Waals surface area contributed by atoms with Crippen molar-refractivity contribution in [2.45, 2.75) is 31.8 Å². The van der Waals surface area contributed by atoms with E-state index in [1.165, 1.54) is 11.8 Å². The third-order valence-electron chi connectivity index (χ3n) is 6.12. The van der Waals surface area contributed by atoms with Crippen LogP contribution in [0.5, 0.6) is 0 Å². The topological polar surface area (TPSA) is 66.9 Å². The van der Waals surface area contributed by atoms with Gasteiger partial charge in [0.1, 0.15) is 5.82 Å². The minimum Gasteiger partial charge on any atom is -0.237 e. The summed E-state index contributed by atoms with van der Waals surface area (Å²) in [6.45, 7) is 4.16. The third-order valence-corrected chi connectivity index (χ3v) is 6.66. The second-order valence-corrected chi connectivity index (χ2v) is 9.12. The Labute approximate surface area is 209 Å². The van der Waals surface area contributed by atoms with Crippen molar-refractivity contribution < 1.29 is 0 Å². The molecule has 5 aromatic rings. The van der Waals surface area contributed by atoms with E-state index in [1.54, 1.807) is 0 Å². The Morgan fingerprint density at radius 3 is 2.14 bits per heavy atom. The van der Waals surface area contributed by atoms with Crippen molar-refractivity contribution in [2.75, 3.05) is 6.26 Å². The minimum absolute atomic E-state index is 0.675. The zero-order valence-corrected chi connectivity index (χ0v) is 20.8. The van der Waals surface area contributed by atoms with Crippen LogP contribution in [-0.4, -0.2) is 25.8 Å². The smallest absolute Gasteiger partial charge is 0.209 e. The van der Waals surface area contributed by atoms with Crippen LogP contribution in [0.1, 0.15) is 30.4 Å². The van der Waals surface area contributed by atoms with E-state index in [9.17, 15) is 5.26 Å². The summed E-state index contributed by atoms with van der Waals surface area (Å²) in [6, 6.07) is 26.8. The first-order valence-corrected chi connectivity index (χ1v) is 12.9. The maximum absolute atomic E-state index is 9.50. The highest BCUT2D eigenvalue weighted by Gasteiger charge is 2.20. The van der Waals surface area contributed by atoms with Crippen LogP contribution in [0.15, 0.2) is 78.0 Å². The highest BCUT2D eigenvalue weighted by atomic mass is 32.2. The van der Waals surface area contributed by atoms with E-state index in [4.69, 9.17) is 9.97 Å². The van der Waals surface area contributed by atoms with Crippen LogP contribution in [-0.2, 0) is 6.42 Å². The Bertz CT molecular complexity index is 1560. The number of rotatable bonds is 6. The molecule has 0 amide bonds. The first kappa shape index (κ1) is 22.8. The van der Waals surface area contributed by atoms with Gasteiger partial charge in [0, 0.05) is 5.56 Å². The number of nitrogens with zero attached hydrogens (tertiary/aromatic N) is 5. The molecule has 0 aliphatic carbocycles. The molecule has 0 aliphatic rings. The largest absolute Gasteiger partial charge is 0.237 e. The van der Waals surface area contributed by atoms with Gasteiger partial charge >= 0.3 is 0 Å². The Hall–Kier alpha value is -3.95. The SMILES string of the molecule is CCCc1nc(C)n2nc(SC)nc2c1-c1ccccc1-c1ccc(-c2ccccc2C#N)cc1. The van der Waals surface area contributed by atoms with Crippen LogP contribution < -0.4 is 0 Å². The van der Waals surface area contributed by atoms with E-state index >= 15 is 0 Å². The average Bonchev–Trinajstić information content (AvgIpc) is 3.34. The predicted octanol–water partition coefficient (Wildman–Crippen LogP) is 6.98. The quantitative estimate of drug-likeness (QED) is 0.248. The normalized spacial score (nSPS) is 11.0. The van der Waals surface area contributed by atoms with Gasteiger partial charge < -0.3 is 0 Å². The second-order valence-electron chi connectivity index (χ2n) is 8.34. The maximum atomic E-state index is 9.50. The Balaban J connectivity index is 1.68. The third kappa shape index (κ3) is 4.20. The van der Waals surface area contributed by atoms with E-state index in [-0.39, 0.29) is 0 Å². The van der Waals surface area contributed by atoms with Crippen molar-refractivity contribution in [1.82, 2.24) is 19.6 Å². The molecule has 0 spiro atoms. The first-order valence-electron chi connectivity index (χ1n) is 11.6. The zero-order valence-electron chi connectivity index (χ0n) is 20.0. The second kappa shape index (κ2) is 9.73. The summed E-state index contributed by atoms with van der Waals surface area (Å²) >= 11 is 1.54. The fourth-order valence-corrected chi connectivity index (χ4v) is 4.84. The lowest BCUT2D eigenvalue weighted by molar-refractivity contribution is 0.793. The Morgan fingerprint density at radius 1 is 0.857 bits per heavy atom. The molecule has 0 radical (unpaired) electrons. The minimum atomic E-state index is 0.675. The van der Waals surface area contributed by atoms with Gasteiger partial charge in [-0.25, -0.2) is 9.97 Å². The summed E-state index contributed by atoms with van der Waals surface area (Å²) in [5, 5.41) is 14.9. The van der Waals surface area contributed by atoms with E-state index < -0.39 is 0 Å². The molecule has 172 valence electrons. The molecule has 0 aliphatic heterocycles. The number of nitriles is 1. The molecule has 6 heteroatoms. The van der Waals surface area contributed by atoms with Crippen molar-refractivity contribution in [3.8, 4) is 39.4 Å². The summed E-state index contributed by atoms with van der Waals surface area (Å²) in [5.41, 5.74) is 8.89. The Morgan fingerprint density at radius 2 is 1.49 bits per heavy atom. The number of benzene rings is 3. The number of aromatic nitrogens is 4. The summed E-state index contributed by atoms with van der Waals surface area (Å²) in [5.74, 6) is 0.845. The van der Waals surface area contributed by atoms with Crippen molar-refractivity contribution in [3.05, 3.63) is 89.9 Å². The van der Waals surface area contributed by atoms with Crippen molar-refractivity contribution in [2.24, 2.45) is 0 Å². The summed E-state index contributed by atoms with van der Waals surface area (Å²) in [4.78, 5) is 9.81. The van der Waals surface area contributed by atoms with E-state index in [0.717, 1.165) is 68.5 Å². The molecule has 2 aromatic heterocycles. The van der Waals surface area contributed by atoms with Gasteiger partial charge in [0.25, 0.3) is 0 Å². The molecule has 0 fully saturated rings. The van der Waals surface area contributed by atoms with Gasteiger partial charge in [-0.05, 0) is 53.5 Å². The lowest BCUT2D eigenvalue weighted by Gasteiger charge is -2.15. The molecule has 0 saturated carbocycles. The highest BCUT2D eigenvalue weighted by molar-refractivity contribution is 7.98. The van der Waals surface area contributed by atoms with Gasteiger partial charge in [0.15, 0.2) is 5.65 Å². The van der Waals surface area contributed by atoms with E-state index in [1.807, 2.05) is 42.0 Å². The number of fused-ring (bicyclic) bond motifs is 1. The first-order chi connectivity index (χ1) is 17.1. The number of hydrogen-bond acceptors (Lipinski definition) is 5. The summed E-state index contributed by atoms with van der Waals surface area (Å²) in [6.07, 6.45) is 3.85. The van der Waals surface area contributed by atoms with Crippen molar-refractivity contribution in [1.29, 1.82) is 5.26 Å². The van der Waals surface area contributed by atoms with E-state index in [2.05, 4.69) is 66.6 Å². The fourth-order valence-electron chi connectivity index (χ4n) is 4.50. The molecule has 2 heterocycles. The number of hydrogen-bond donors (Lipinski definition) is 0. The highest BCUT2D eigenvalue weighted by Crippen LogP contribution is 2.37. The van der Waals surface area contributed by atoms with E-state index in [0.29, 0.717) is 5.56 Å². The molecular weight excluding hydrogens is 450 g/mol.